The standard InChI is InChI=1S/C87H142O17P2/c1-5-9-13-17-21-25-29-33-37-39-40-42-45-48-52-56-60-64-68-72-85(90)98-78-83(104-87(92)74-70-66-62-58-54-50-46-41-38-34-30-26-22-18-14-10-6-2)80-102-106(95,96)100-76-81(88)75-99-105(93,94)101-79-82(103-86(91)73-69-65-61-57-53-49-44-36-32-28-24-20-16-12-8-4)77-97-84(89)71-67-63-59-55-51-47-43-35-31-27-23-19-15-11-7-3/h9-11,13-15,21-23,25-27,33-38,40,42-44,46,48,50,52,60,64,81-83,88H,5-8,12,16-20,24,28-32,39,41,45,47,49,51,53-59,61-63,65-80H2,1-4H3,(H,93,94)(H,95,96)/b13-9-,14-10-,15-11-,25-21-,26-22-,27-23-,37-33-,38-34-,42-40-,43-35-,44-36-,50-46-,52-48-,64-60-. The molecule has 0 fully saturated rings. The maximum absolute atomic E-state index is 13.1. The van der Waals surface area contributed by atoms with E-state index in [2.05, 4.69) is 180 Å². The van der Waals surface area contributed by atoms with Crippen LogP contribution in [0.1, 0.15) is 297 Å². The molecule has 0 spiro atoms. The molecule has 0 heterocycles. The van der Waals surface area contributed by atoms with E-state index >= 15 is 0 Å². The number of esters is 4. The molecule has 3 N–H and O–H groups in total. The van der Waals surface area contributed by atoms with Crippen LogP contribution in [0.4, 0.5) is 0 Å². The predicted octanol–water partition coefficient (Wildman–Crippen LogP) is 23.8. The summed E-state index contributed by atoms with van der Waals surface area (Å²) in [5.74, 6) is -2.34. The molecule has 0 radical (unpaired) electrons. The Labute approximate surface area is 642 Å². The Hall–Kier alpha value is -5.58. The average Bonchev–Trinajstić information content (AvgIpc) is 0.902. The molecule has 0 saturated carbocycles. The molecule has 0 aliphatic heterocycles. The normalized spacial score (nSPS) is 14.7. The molecule has 0 saturated heterocycles. The van der Waals surface area contributed by atoms with Gasteiger partial charge in [0.2, 0.25) is 0 Å². The van der Waals surface area contributed by atoms with E-state index in [1.165, 1.54) is 38.5 Å². The topological polar surface area (TPSA) is 237 Å². The number of hydrogen-bond acceptors (Lipinski definition) is 15. The molecule has 0 aromatic carbocycles. The highest BCUT2D eigenvalue weighted by Gasteiger charge is 2.30. The predicted molar refractivity (Wildman–Crippen MR) is 436 cm³/mol. The summed E-state index contributed by atoms with van der Waals surface area (Å²) in [6, 6.07) is 0. The summed E-state index contributed by atoms with van der Waals surface area (Å²) < 4.78 is 68.5. The molecule has 0 aliphatic rings. The minimum atomic E-state index is -5.01. The number of aliphatic hydroxyl groups is 1. The summed E-state index contributed by atoms with van der Waals surface area (Å²) in [6.45, 7) is 4.38. The number of ether oxygens (including phenoxy) is 4. The lowest BCUT2D eigenvalue weighted by atomic mass is 10.1. The second-order valence-electron chi connectivity index (χ2n) is 26.2. The van der Waals surface area contributed by atoms with Gasteiger partial charge in [-0.1, -0.05) is 281 Å². The third-order valence-electron chi connectivity index (χ3n) is 16.2. The van der Waals surface area contributed by atoms with Crippen LogP contribution in [0.25, 0.3) is 0 Å². The van der Waals surface area contributed by atoms with Crippen LogP contribution in [-0.4, -0.2) is 96.7 Å². The lowest BCUT2D eigenvalue weighted by Crippen LogP contribution is -2.30. The number of aliphatic hydroxyl groups excluding tert-OH is 1. The van der Waals surface area contributed by atoms with E-state index in [1.54, 1.807) is 0 Å². The summed E-state index contributed by atoms with van der Waals surface area (Å²) >= 11 is 0. The van der Waals surface area contributed by atoms with Crippen molar-refractivity contribution < 1.29 is 80.2 Å². The number of carbonyl (C=O) groups is 4. The Morgan fingerprint density at radius 1 is 0.274 bits per heavy atom. The second-order valence-corrected chi connectivity index (χ2v) is 29.1. The Bertz CT molecular complexity index is 2680. The van der Waals surface area contributed by atoms with Gasteiger partial charge >= 0.3 is 39.5 Å². The van der Waals surface area contributed by atoms with E-state index in [0.29, 0.717) is 32.1 Å². The van der Waals surface area contributed by atoms with Crippen molar-refractivity contribution in [2.24, 2.45) is 0 Å². The van der Waals surface area contributed by atoms with Crippen LogP contribution in [-0.2, 0) is 65.4 Å². The fraction of sp³-hybridized carbons (Fsp3) is 0.632. The van der Waals surface area contributed by atoms with Gasteiger partial charge in [0.25, 0.3) is 0 Å². The highest BCUT2D eigenvalue weighted by Crippen LogP contribution is 2.45. The van der Waals surface area contributed by atoms with Gasteiger partial charge in [0, 0.05) is 25.7 Å². The second kappa shape index (κ2) is 77.6. The highest BCUT2D eigenvalue weighted by atomic mass is 31.2. The van der Waals surface area contributed by atoms with Gasteiger partial charge in [-0.2, -0.15) is 0 Å². The summed E-state index contributed by atoms with van der Waals surface area (Å²) in [6.07, 6.45) is 92.0. The average molecular weight is 1520 g/mol. The number of rotatable bonds is 74. The molecule has 106 heavy (non-hydrogen) atoms. The van der Waals surface area contributed by atoms with Crippen molar-refractivity contribution in [3.63, 3.8) is 0 Å². The molecule has 0 aliphatic carbocycles. The third-order valence-corrected chi connectivity index (χ3v) is 18.1. The van der Waals surface area contributed by atoms with Crippen LogP contribution in [0.3, 0.4) is 0 Å². The zero-order chi connectivity index (χ0) is 77.4. The monoisotopic (exact) mass is 1520 g/mol. The molecule has 5 unspecified atom stereocenters. The van der Waals surface area contributed by atoms with Gasteiger partial charge in [0.1, 0.15) is 19.3 Å². The first-order chi connectivity index (χ1) is 51.7. The van der Waals surface area contributed by atoms with Crippen molar-refractivity contribution in [2.75, 3.05) is 39.6 Å². The number of unbranched alkanes of at least 4 members (excludes halogenated alkanes) is 20. The molecule has 602 valence electrons. The summed E-state index contributed by atoms with van der Waals surface area (Å²) in [5.41, 5.74) is 0. The Balaban J connectivity index is 5.49. The van der Waals surface area contributed by atoms with Gasteiger partial charge in [-0.25, -0.2) is 9.13 Å². The van der Waals surface area contributed by atoms with Gasteiger partial charge in [0.15, 0.2) is 12.2 Å². The van der Waals surface area contributed by atoms with Gasteiger partial charge < -0.3 is 33.8 Å². The molecular formula is C87H142O17P2. The molecule has 0 bridgehead atoms. The molecule has 0 aromatic heterocycles. The molecule has 0 aromatic rings. The fourth-order valence-electron chi connectivity index (χ4n) is 10.1. The van der Waals surface area contributed by atoms with Crippen LogP contribution in [0.15, 0.2) is 170 Å². The summed E-state index contributed by atoms with van der Waals surface area (Å²) in [5, 5.41) is 10.6. The zero-order valence-electron chi connectivity index (χ0n) is 65.8. The van der Waals surface area contributed by atoms with Crippen molar-refractivity contribution in [1.29, 1.82) is 0 Å². The van der Waals surface area contributed by atoms with Crippen LogP contribution < -0.4 is 0 Å². The van der Waals surface area contributed by atoms with E-state index in [0.717, 1.165) is 173 Å². The Kier molecular flexibility index (Phi) is 73.5. The van der Waals surface area contributed by atoms with Gasteiger partial charge in [-0.15, -0.1) is 0 Å². The molecule has 17 nitrogen and oxygen atoms in total. The largest absolute Gasteiger partial charge is 0.472 e. The first kappa shape index (κ1) is 100. The Morgan fingerprint density at radius 3 is 0.821 bits per heavy atom. The maximum Gasteiger partial charge on any atom is 0.472 e. The number of hydrogen-bond donors (Lipinski definition) is 3. The Morgan fingerprint density at radius 2 is 0.509 bits per heavy atom. The fourth-order valence-corrected chi connectivity index (χ4v) is 11.7. The molecule has 0 rings (SSSR count). The van der Waals surface area contributed by atoms with Crippen LogP contribution in [0.5, 0.6) is 0 Å². The number of phosphoric ester groups is 2. The molecule has 5 atom stereocenters. The summed E-state index contributed by atoms with van der Waals surface area (Å²) in [7, 11) is -10.0. The minimum absolute atomic E-state index is 0.0240. The third kappa shape index (κ3) is 76.6. The SMILES string of the molecule is CC/C=C\C/C=C\C/C=C\C/C=C\C/C=C\C/C=C\CCC(=O)OCC(COP(=O)(O)OCC(O)COP(=O)(O)OCC(COC(=O)CCCCCCC/C=C\C/C=C\C/C=C\CC)OC(=O)CCCCCCC/C=C\CCCCCCCC)OC(=O)CCCCCC/C=C\C/C=C\C/C=C\C/C=C\CC. The van der Waals surface area contributed by atoms with E-state index in [1.807, 2.05) is 18.2 Å². The minimum Gasteiger partial charge on any atom is -0.462 e. The summed E-state index contributed by atoms with van der Waals surface area (Å²) in [4.78, 5) is 73.1. The van der Waals surface area contributed by atoms with E-state index < -0.39 is 97.5 Å². The lowest BCUT2D eigenvalue weighted by molar-refractivity contribution is -0.161. The van der Waals surface area contributed by atoms with Crippen LogP contribution in [0.2, 0.25) is 0 Å². The molecular weight excluding hydrogens is 1380 g/mol. The smallest absolute Gasteiger partial charge is 0.462 e. The van der Waals surface area contributed by atoms with E-state index in [9.17, 15) is 43.2 Å². The van der Waals surface area contributed by atoms with Crippen LogP contribution in [0, 0.1) is 0 Å². The highest BCUT2D eigenvalue weighted by molar-refractivity contribution is 7.47. The number of phosphoric acid groups is 2. The number of carbonyl (C=O) groups excluding carboxylic acids is 4. The van der Waals surface area contributed by atoms with Crippen molar-refractivity contribution >= 4 is 39.5 Å². The zero-order valence-corrected chi connectivity index (χ0v) is 67.6. The van der Waals surface area contributed by atoms with Crippen molar-refractivity contribution in [1.82, 2.24) is 0 Å². The molecule has 19 heteroatoms. The lowest BCUT2D eigenvalue weighted by Gasteiger charge is -2.21. The van der Waals surface area contributed by atoms with Crippen LogP contribution >= 0.6 is 15.6 Å². The van der Waals surface area contributed by atoms with Gasteiger partial charge in [-0.3, -0.25) is 37.3 Å². The first-order valence-electron chi connectivity index (χ1n) is 40.4. The first-order valence-corrected chi connectivity index (χ1v) is 43.4. The van der Waals surface area contributed by atoms with Crippen molar-refractivity contribution in [3.8, 4) is 0 Å². The molecule has 0 amide bonds. The van der Waals surface area contributed by atoms with Gasteiger partial charge in [-0.05, 0) is 161 Å². The quantitative estimate of drug-likeness (QED) is 0.0169. The van der Waals surface area contributed by atoms with E-state index in [4.69, 9.17) is 37.0 Å². The van der Waals surface area contributed by atoms with Crippen molar-refractivity contribution in [3.05, 3.63) is 170 Å². The van der Waals surface area contributed by atoms with E-state index in [-0.39, 0.29) is 25.7 Å². The maximum atomic E-state index is 13.1. The number of allylic oxidation sites excluding steroid dienone is 28. The van der Waals surface area contributed by atoms with Gasteiger partial charge in [0.05, 0.1) is 26.4 Å². The van der Waals surface area contributed by atoms with Crippen molar-refractivity contribution in [2.45, 2.75) is 316 Å².